The molecule has 0 radical (unpaired) electrons. The molecule has 0 aromatic heterocycles. The molecule has 32 heavy (non-hydrogen) atoms. The number of benzene rings is 2. The molecule has 2 aromatic rings. The number of nitrogens with zero attached hydrogens (tertiary/aromatic N) is 1. The first-order chi connectivity index (χ1) is 15.3. The third-order valence-electron chi connectivity index (χ3n) is 4.34. The van der Waals surface area contributed by atoms with E-state index in [1.807, 2.05) is 0 Å². The Morgan fingerprint density at radius 1 is 1.25 bits per heavy atom. The van der Waals surface area contributed by atoms with Crippen LogP contribution in [0.4, 0.5) is 10.5 Å². The number of imide groups is 2. The molecule has 0 bridgehead atoms. The van der Waals surface area contributed by atoms with Crippen molar-refractivity contribution < 1.29 is 33.8 Å². The zero-order chi connectivity index (χ0) is 23.4. The molecule has 1 aliphatic rings. The van der Waals surface area contributed by atoms with E-state index in [1.54, 1.807) is 6.07 Å². The smallest absolute Gasteiger partial charge is 0.335 e. The van der Waals surface area contributed by atoms with Gasteiger partial charge in [0.05, 0.1) is 22.8 Å². The van der Waals surface area contributed by atoms with Crippen molar-refractivity contribution in [3.05, 3.63) is 57.6 Å². The second-order valence-electron chi connectivity index (χ2n) is 6.34. The highest BCUT2D eigenvalue weighted by Gasteiger charge is 2.37. The predicted octanol–water partition coefficient (Wildman–Crippen LogP) is 2.83. The van der Waals surface area contributed by atoms with Gasteiger partial charge in [0.15, 0.2) is 11.5 Å². The molecular formula is C22H15BrN2O7. The number of hydrogen-bond donors (Lipinski definition) is 2. The molecule has 1 fully saturated rings. The normalized spacial score (nSPS) is 14.7. The Hall–Kier alpha value is -4.10. The fraction of sp³-hybridized carbons (Fsp3) is 0.0909. The molecule has 3 rings (SSSR count). The number of ether oxygens (including phenoxy) is 2. The number of carboxylic acids is 1. The molecule has 2 aromatic carbocycles. The van der Waals surface area contributed by atoms with Crippen LogP contribution in [0.15, 0.2) is 46.4 Å². The number of hydrogen-bond acceptors (Lipinski definition) is 6. The SMILES string of the molecule is C#CCOc1c(Br)cc(C=C2C(=O)NC(=O)N(c3ccc(C(=O)O)cc3)C2=O)cc1OC. The number of anilines is 1. The van der Waals surface area contributed by atoms with E-state index in [-0.39, 0.29) is 23.4 Å². The largest absolute Gasteiger partial charge is 0.493 e. The maximum absolute atomic E-state index is 13.0. The molecule has 1 heterocycles. The Kier molecular flexibility index (Phi) is 6.61. The molecule has 9 nitrogen and oxygen atoms in total. The van der Waals surface area contributed by atoms with Gasteiger partial charge in [-0.05, 0) is 64.0 Å². The average molecular weight is 499 g/mol. The zero-order valence-corrected chi connectivity index (χ0v) is 18.1. The van der Waals surface area contributed by atoms with Gasteiger partial charge in [-0.1, -0.05) is 5.92 Å². The lowest BCUT2D eigenvalue weighted by atomic mass is 10.1. The molecule has 0 atom stereocenters. The number of nitrogens with one attached hydrogen (secondary N) is 1. The zero-order valence-electron chi connectivity index (χ0n) is 16.5. The standard InChI is InChI=1S/C22H15BrN2O7/c1-3-8-32-18-16(23)10-12(11-17(18)31-2)9-15-19(26)24-22(30)25(20(15)27)14-6-4-13(5-7-14)21(28)29/h1,4-7,9-11H,8H2,2H3,(H,28,29)(H,24,26,30). The lowest BCUT2D eigenvalue weighted by Crippen LogP contribution is -2.54. The highest BCUT2D eigenvalue weighted by Crippen LogP contribution is 2.37. The highest BCUT2D eigenvalue weighted by molar-refractivity contribution is 9.10. The Morgan fingerprint density at radius 2 is 1.94 bits per heavy atom. The van der Waals surface area contributed by atoms with Crippen LogP contribution in [0.5, 0.6) is 11.5 Å². The average Bonchev–Trinajstić information content (AvgIpc) is 2.75. The minimum Gasteiger partial charge on any atom is -0.493 e. The van der Waals surface area contributed by atoms with Crippen LogP contribution in [0.1, 0.15) is 15.9 Å². The third-order valence-corrected chi connectivity index (χ3v) is 4.93. The van der Waals surface area contributed by atoms with Crippen molar-refractivity contribution in [1.82, 2.24) is 5.32 Å². The third kappa shape index (κ3) is 4.48. The number of methoxy groups -OCH3 is 1. The molecule has 0 spiro atoms. The number of halogens is 1. The Labute approximate surface area is 190 Å². The minimum atomic E-state index is -1.16. The van der Waals surface area contributed by atoms with Gasteiger partial charge in [0.1, 0.15) is 12.2 Å². The quantitative estimate of drug-likeness (QED) is 0.356. The second-order valence-corrected chi connectivity index (χ2v) is 7.19. The summed E-state index contributed by atoms with van der Waals surface area (Å²) in [4.78, 5) is 49.4. The number of aromatic carboxylic acids is 1. The van der Waals surface area contributed by atoms with E-state index in [4.69, 9.17) is 21.0 Å². The minimum absolute atomic E-state index is 0.00796. The van der Waals surface area contributed by atoms with Crippen molar-refractivity contribution >= 4 is 51.5 Å². The van der Waals surface area contributed by atoms with Crippen molar-refractivity contribution in [2.24, 2.45) is 0 Å². The van der Waals surface area contributed by atoms with E-state index in [0.717, 1.165) is 4.90 Å². The van der Waals surface area contributed by atoms with Crippen LogP contribution in [-0.4, -0.2) is 42.6 Å². The van der Waals surface area contributed by atoms with Gasteiger partial charge < -0.3 is 14.6 Å². The number of urea groups is 1. The number of carboxylic acid groups (broad SMARTS) is 1. The first kappa shape index (κ1) is 22.6. The van der Waals surface area contributed by atoms with Crippen LogP contribution in [-0.2, 0) is 9.59 Å². The molecule has 0 saturated carbocycles. The first-order valence-corrected chi connectivity index (χ1v) is 9.74. The number of carbonyl (C=O) groups is 4. The fourth-order valence-electron chi connectivity index (χ4n) is 2.89. The van der Waals surface area contributed by atoms with Crippen molar-refractivity contribution in [2.45, 2.75) is 0 Å². The van der Waals surface area contributed by atoms with Crippen molar-refractivity contribution in [3.63, 3.8) is 0 Å². The molecule has 0 unspecified atom stereocenters. The van der Waals surface area contributed by atoms with Crippen LogP contribution >= 0.6 is 15.9 Å². The summed E-state index contributed by atoms with van der Waals surface area (Å²) < 4.78 is 11.2. The summed E-state index contributed by atoms with van der Waals surface area (Å²) in [6.45, 7) is 0.00796. The van der Waals surface area contributed by atoms with Gasteiger partial charge in [0.25, 0.3) is 11.8 Å². The van der Waals surface area contributed by atoms with Gasteiger partial charge in [0.2, 0.25) is 0 Å². The van der Waals surface area contributed by atoms with Gasteiger partial charge in [-0.2, -0.15) is 0 Å². The van der Waals surface area contributed by atoms with Crippen LogP contribution in [0.3, 0.4) is 0 Å². The van der Waals surface area contributed by atoms with Crippen molar-refractivity contribution in [2.75, 3.05) is 18.6 Å². The van der Waals surface area contributed by atoms with Crippen LogP contribution in [0.25, 0.3) is 6.08 Å². The van der Waals surface area contributed by atoms with Gasteiger partial charge in [0, 0.05) is 0 Å². The van der Waals surface area contributed by atoms with E-state index in [2.05, 4.69) is 27.2 Å². The summed E-state index contributed by atoms with van der Waals surface area (Å²) in [7, 11) is 1.42. The molecule has 2 N–H and O–H groups in total. The van der Waals surface area contributed by atoms with E-state index < -0.39 is 23.8 Å². The summed E-state index contributed by atoms with van der Waals surface area (Å²) in [6, 6.07) is 7.26. The maximum atomic E-state index is 13.0. The lowest BCUT2D eigenvalue weighted by molar-refractivity contribution is -0.122. The Balaban J connectivity index is 2.00. The van der Waals surface area contributed by atoms with Gasteiger partial charge in [-0.25, -0.2) is 14.5 Å². The maximum Gasteiger partial charge on any atom is 0.335 e. The molecule has 10 heteroatoms. The van der Waals surface area contributed by atoms with E-state index >= 15 is 0 Å². The Bertz CT molecular complexity index is 1200. The summed E-state index contributed by atoms with van der Waals surface area (Å²) in [5, 5.41) is 11.1. The van der Waals surface area contributed by atoms with Crippen LogP contribution in [0.2, 0.25) is 0 Å². The summed E-state index contributed by atoms with van der Waals surface area (Å²) in [5.41, 5.74) is 0.191. The molecular weight excluding hydrogens is 484 g/mol. The fourth-order valence-corrected chi connectivity index (χ4v) is 3.46. The molecule has 1 aliphatic heterocycles. The molecule has 0 aliphatic carbocycles. The molecule has 1 saturated heterocycles. The Morgan fingerprint density at radius 3 is 2.53 bits per heavy atom. The number of barbiturate groups is 1. The van der Waals surface area contributed by atoms with E-state index in [0.29, 0.717) is 21.5 Å². The predicted molar refractivity (Wildman–Crippen MR) is 117 cm³/mol. The first-order valence-electron chi connectivity index (χ1n) is 8.95. The van der Waals surface area contributed by atoms with E-state index in [1.165, 1.54) is 43.5 Å². The van der Waals surface area contributed by atoms with Crippen LogP contribution < -0.4 is 19.7 Å². The number of amides is 4. The second kappa shape index (κ2) is 9.36. The summed E-state index contributed by atoms with van der Waals surface area (Å²) >= 11 is 3.34. The van der Waals surface area contributed by atoms with E-state index in [9.17, 15) is 19.2 Å². The molecule has 162 valence electrons. The van der Waals surface area contributed by atoms with Gasteiger partial charge >= 0.3 is 12.0 Å². The topological polar surface area (TPSA) is 122 Å². The lowest BCUT2D eigenvalue weighted by Gasteiger charge is -2.26. The summed E-state index contributed by atoms with van der Waals surface area (Å²) in [6.07, 6.45) is 6.51. The summed E-state index contributed by atoms with van der Waals surface area (Å²) in [5.74, 6) is 0.0985. The number of carbonyl (C=O) groups excluding carboxylic acids is 3. The van der Waals surface area contributed by atoms with Gasteiger partial charge in [-0.15, -0.1) is 6.42 Å². The van der Waals surface area contributed by atoms with Gasteiger partial charge in [-0.3, -0.25) is 14.9 Å². The monoisotopic (exact) mass is 498 g/mol. The van der Waals surface area contributed by atoms with Crippen molar-refractivity contribution in [3.8, 4) is 23.8 Å². The highest BCUT2D eigenvalue weighted by atomic mass is 79.9. The van der Waals surface area contributed by atoms with Crippen molar-refractivity contribution in [1.29, 1.82) is 0 Å². The van der Waals surface area contributed by atoms with Crippen LogP contribution in [0, 0.1) is 12.3 Å². The number of terminal acetylenes is 1. The molecule has 4 amide bonds. The number of rotatable bonds is 6.